The number of ketones is 1. The Balaban J connectivity index is 1.63. The average Bonchev–Trinajstić information content (AvgIpc) is 3.41. The Labute approximate surface area is 189 Å². The van der Waals surface area contributed by atoms with Crippen LogP contribution < -0.4 is 0 Å². The summed E-state index contributed by atoms with van der Waals surface area (Å²) < 4.78 is 13.6. The fourth-order valence-electron chi connectivity index (χ4n) is 4.64. The number of aryl methyl sites for hydroxylation is 2. The number of nitrogens with zero attached hydrogens (tertiary/aromatic N) is 1. The zero-order valence-corrected chi connectivity index (χ0v) is 18.2. The number of benzene rings is 2. The van der Waals surface area contributed by atoms with Crippen LogP contribution in [0.15, 0.2) is 65.6 Å². The molecule has 32 heavy (non-hydrogen) atoms. The van der Waals surface area contributed by atoms with Crippen molar-refractivity contribution in [2.24, 2.45) is 0 Å². The molecule has 162 valence electrons. The third kappa shape index (κ3) is 3.65. The molecule has 1 aromatic heterocycles. The highest BCUT2D eigenvalue weighted by atomic mass is 32.1. The lowest BCUT2D eigenvalue weighted by atomic mass is 9.88. The van der Waals surface area contributed by atoms with Crippen molar-refractivity contribution in [3.63, 3.8) is 0 Å². The molecule has 4 nitrogen and oxygen atoms in total. The smallest absolute Gasteiger partial charge is 0.295 e. The highest BCUT2D eigenvalue weighted by Gasteiger charge is 2.46. The lowest BCUT2D eigenvalue weighted by molar-refractivity contribution is -0.140. The highest BCUT2D eigenvalue weighted by molar-refractivity contribution is 7.09. The van der Waals surface area contributed by atoms with E-state index >= 15 is 0 Å². The Kier molecular flexibility index (Phi) is 5.39. The number of Topliss-reactive ketones (excluding diaryl/α,β-unsaturated/α-hetero) is 1. The number of fused-ring (bicyclic) bond motifs is 1. The number of carbonyl (C=O) groups excluding carboxylic acids is 2. The first-order valence-electron chi connectivity index (χ1n) is 10.7. The lowest BCUT2D eigenvalue weighted by Gasteiger charge is -2.25. The van der Waals surface area contributed by atoms with Crippen molar-refractivity contribution < 1.29 is 19.1 Å². The molecule has 2 aliphatic rings. The first-order valence-corrected chi connectivity index (χ1v) is 11.6. The van der Waals surface area contributed by atoms with Gasteiger partial charge in [-0.25, -0.2) is 4.39 Å². The highest BCUT2D eigenvalue weighted by Crippen LogP contribution is 2.41. The van der Waals surface area contributed by atoms with E-state index in [0.29, 0.717) is 11.1 Å². The van der Waals surface area contributed by atoms with Crippen LogP contribution in [0, 0.1) is 5.82 Å². The Morgan fingerprint density at radius 1 is 1.03 bits per heavy atom. The van der Waals surface area contributed by atoms with Crippen LogP contribution in [0.5, 0.6) is 0 Å². The summed E-state index contributed by atoms with van der Waals surface area (Å²) in [4.78, 5) is 28.5. The van der Waals surface area contributed by atoms with Gasteiger partial charge in [0.05, 0.1) is 18.2 Å². The van der Waals surface area contributed by atoms with Gasteiger partial charge in [-0.2, -0.15) is 0 Å². The number of hydrogen-bond donors (Lipinski definition) is 1. The lowest BCUT2D eigenvalue weighted by Crippen LogP contribution is -2.28. The second-order valence-corrected chi connectivity index (χ2v) is 9.28. The molecule has 1 atom stereocenters. The van der Waals surface area contributed by atoms with Crippen molar-refractivity contribution in [1.82, 2.24) is 4.90 Å². The first-order chi connectivity index (χ1) is 15.5. The van der Waals surface area contributed by atoms with E-state index in [1.807, 2.05) is 35.7 Å². The molecule has 0 spiro atoms. The van der Waals surface area contributed by atoms with Gasteiger partial charge in [-0.3, -0.25) is 9.59 Å². The SMILES string of the molecule is O=C1C(=O)N(Cc2cccs2)C(c2ccc(F)cc2)/C1=C(/O)c1ccc2c(c1)CCCC2. The maximum atomic E-state index is 13.6. The monoisotopic (exact) mass is 447 g/mol. The van der Waals surface area contributed by atoms with Crippen molar-refractivity contribution >= 4 is 28.8 Å². The van der Waals surface area contributed by atoms with Crippen LogP contribution in [-0.4, -0.2) is 21.7 Å². The fourth-order valence-corrected chi connectivity index (χ4v) is 5.34. The van der Waals surface area contributed by atoms with Gasteiger partial charge in [0.2, 0.25) is 0 Å². The van der Waals surface area contributed by atoms with Crippen molar-refractivity contribution in [2.45, 2.75) is 38.3 Å². The van der Waals surface area contributed by atoms with E-state index in [4.69, 9.17) is 0 Å². The first kappa shape index (κ1) is 20.6. The number of aliphatic hydroxyl groups is 1. The van der Waals surface area contributed by atoms with Crippen LogP contribution in [0.25, 0.3) is 5.76 Å². The third-order valence-electron chi connectivity index (χ3n) is 6.25. The number of hydrogen-bond acceptors (Lipinski definition) is 4. The minimum Gasteiger partial charge on any atom is -0.507 e. The molecule has 1 unspecified atom stereocenters. The summed E-state index contributed by atoms with van der Waals surface area (Å²) in [6.07, 6.45) is 4.19. The summed E-state index contributed by atoms with van der Waals surface area (Å²) >= 11 is 1.49. The molecule has 3 aromatic rings. The molecule has 5 rings (SSSR count). The second-order valence-electron chi connectivity index (χ2n) is 8.25. The standard InChI is InChI=1S/C26H22FNO3S/c27-20-11-9-17(10-12-20)23-22(25(30)26(31)28(23)15-21-6-3-13-32-21)24(29)19-8-7-16-4-1-2-5-18(16)14-19/h3,6-14,23,29H,1-2,4-5,15H2/b24-22-. The van der Waals surface area contributed by atoms with Crippen LogP contribution >= 0.6 is 11.3 Å². The zero-order valence-electron chi connectivity index (χ0n) is 17.4. The molecular weight excluding hydrogens is 425 g/mol. The zero-order chi connectivity index (χ0) is 22.2. The van der Waals surface area contributed by atoms with Gasteiger partial charge in [-0.05, 0) is 72.0 Å². The molecule has 6 heteroatoms. The van der Waals surface area contributed by atoms with E-state index < -0.39 is 23.5 Å². The Morgan fingerprint density at radius 2 is 1.78 bits per heavy atom. The number of thiophene rings is 1. The van der Waals surface area contributed by atoms with Gasteiger partial charge in [0.1, 0.15) is 11.6 Å². The van der Waals surface area contributed by atoms with Gasteiger partial charge in [0, 0.05) is 10.4 Å². The summed E-state index contributed by atoms with van der Waals surface area (Å²) in [6.45, 7) is 0.241. The molecule has 2 aromatic carbocycles. The van der Waals surface area contributed by atoms with Crippen LogP contribution in [0.1, 0.15) is 46.0 Å². The van der Waals surface area contributed by atoms with E-state index in [0.717, 1.165) is 30.6 Å². The summed E-state index contributed by atoms with van der Waals surface area (Å²) in [5.74, 6) is -1.96. The van der Waals surface area contributed by atoms with E-state index in [2.05, 4.69) is 0 Å². The molecule has 0 radical (unpaired) electrons. The molecule has 1 fully saturated rings. The average molecular weight is 448 g/mol. The topological polar surface area (TPSA) is 57.6 Å². The van der Waals surface area contributed by atoms with Crippen LogP contribution in [0.4, 0.5) is 4.39 Å². The molecule has 1 saturated heterocycles. The van der Waals surface area contributed by atoms with Gasteiger partial charge in [0.25, 0.3) is 11.7 Å². The van der Waals surface area contributed by atoms with Crippen molar-refractivity contribution in [2.75, 3.05) is 0 Å². The number of carbonyl (C=O) groups is 2. The number of amides is 1. The molecule has 0 bridgehead atoms. The normalized spacial score (nSPS) is 19.9. The largest absolute Gasteiger partial charge is 0.507 e. The van der Waals surface area contributed by atoms with Gasteiger partial charge in [-0.15, -0.1) is 11.3 Å². The Hall–Kier alpha value is -3.25. The van der Waals surface area contributed by atoms with E-state index in [9.17, 15) is 19.1 Å². The number of halogens is 1. The van der Waals surface area contributed by atoms with Gasteiger partial charge >= 0.3 is 0 Å². The third-order valence-corrected chi connectivity index (χ3v) is 7.12. The second kappa shape index (κ2) is 8.36. The molecule has 1 aliphatic heterocycles. The molecule has 1 amide bonds. The molecule has 0 saturated carbocycles. The van der Waals surface area contributed by atoms with Gasteiger partial charge in [-0.1, -0.05) is 30.3 Å². The molecule has 1 N–H and O–H groups in total. The van der Waals surface area contributed by atoms with Gasteiger partial charge < -0.3 is 10.0 Å². The molecule has 1 aliphatic carbocycles. The predicted octanol–water partition coefficient (Wildman–Crippen LogP) is 5.39. The fraction of sp³-hybridized carbons (Fsp3) is 0.231. The summed E-state index contributed by atoms with van der Waals surface area (Å²) in [6, 6.07) is 14.5. The van der Waals surface area contributed by atoms with Crippen LogP contribution in [-0.2, 0) is 29.0 Å². The molecule has 2 heterocycles. The maximum absolute atomic E-state index is 13.6. The number of rotatable bonds is 4. The summed E-state index contributed by atoms with van der Waals surface area (Å²) in [5.41, 5.74) is 3.61. The quantitative estimate of drug-likeness (QED) is 0.332. The number of aliphatic hydroxyl groups excluding tert-OH is 1. The minimum absolute atomic E-state index is 0.0499. The van der Waals surface area contributed by atoms with Crippen molar-refractivity contribution in [3.8, 4) is 0 Å². The van der Waals surface area contributed by atoms with Crippen molar-refractivity contribution in [3.05, 3.63) is 98.5 Å². The predicted molar refractivity (Wildman–Crippen MR) is 122 cm³/mol. The van der Waals surface area contributed by atoms with E-state index in [1.54, 1.807) is 12.1 Å². The van der Waals surface area contributed by atoms with E-state index in [1.165, 1.54) is 39.5 Å². The van der Waals surface area contributed by atoms with E-state index in [-0.39, 0.29) is 17.9 Å². The Bertz CT molecular complexity index is 1210. The molecular formula is C26H22FNO3S. The summed E-state index contributed by atoms with van der Waals surface area (Å²) in [5, 5.41) is 13.2. The van der Waals surface area contributed by atoms with Crippen LogP contribution in [0.3, 0.4) is 0 Å². The minimum atomic E-state index is -0.784. The van der Waals surface area contributed by atoms with Crippen molar-refractivity contribution in [1.29, 1.82) is 0 Å². The summed E-state index contributed by atoms with van der Waals surface area (Å²) in [7, 11) is 0. The number of likely N-dealkylation sites (tertiary alicyclic amines) is 1. The van der Waals surface area contributed by atoms with Crippen LogP contribution in [0.2, 0.25) is 0 Å². The maximum Gasteiger partial charge on any atom is 0.295 e. The van der Waals surface area contributed by atoms with Gasteiger partial charge in [0.15, 0.2) is 0 Å². The Morgan fingerprint density at radius 3 is 2.50 bits per heavy atom.